The molecule has 5 nitrogen and oxygen atoms in total. The van der Waals surface area contributed by atoms with Crippen LogP contribution in [0.2, 0.25) is 0 Å². The predicted molar refractivity (Wildman–Crippen MR) is 79.4 cm³/mol. The minimum atomic E-state index is -0.402. The van der Waals surface area contributed by atoms with E-state index in [-0.39, 0.29) is 18.1 Å². The Bertz CT molecular complexity index is 773. The van der Waals surface area contributed by atoms with E-state index in [0.29, 0.717) is 12.4 Å². The Kier molecular flexibility index (Phi) is 4.11. The van der Waals surface area contributed by atoms with Crippen LogP contribution in [0.1, 0.15) is 11.5 Å². The molecule has 0 unspecified atom stereocenters. The highest BCUT2D eigenvalue weighted by Crippen LogP contribution is 2.21. The lowest BCUT2D eigenvalue weighted by atomic mass is 10.2. The normalized spacial score (nSPS) is 10.6. The van der Waals surface area contributed by atoms with Crippen LogP contribution in [-0.2, 0) is 13.2 Å². The molecule has 0 aliphatic carbocycles. The number of aliphatic hydroxyl groups is 1. The van der Waals surface area contributed by atoms with E-state index < -0.39 is 5.82 Å². The van der Waals surface area contributed by atoms with Crippen molar-refractivity contribution in [3.8, 4) is 11.5 Å². The standard InChI is InChI=1S/C16H14FN3O2/c17-14-7-2-1-6-13(14)16-20-19-15(22-16)9-18-12-5-3-4-11(8-12)10-21/h1-8,18,21H,9-10H2. The van der Waals surface area contributed by atoms with Gasteiger partial charge in [0, 0.05) is 5.69 Å². The number of benzene rings is 2. The topological polar surface area (TPSA) is 71.2 Å². The van der Waals surface area contributed by atoms with Crippen LogP contribution in [0.25, 0.3) is 11.5 Å². The van der Waals surface area contributed by atoms with Crippen molar-refractivity contribution in [3.63, 3.8) is 0 Å². The van der Waals surface area contributed by atoms with Crippen molar-refractivity contribution in [2.24, 2.45) is 0 Å². The van der Waals surface area contributed by atoms with Gasteiger partial charge in [0.05, 0.1) is 18.7 Å². The Morgan fingerprint density at radius 3 is 2.77 bits per heavy atom. The first-order valence-electron chi connectivity index (χ1n) is 6.77. The zero-order chi connectivity index (χ0) is 15.4. The number of anilines is 1. The fraction of sp³-hybridized carbons (Fsp3) is 0.125. The summed E-state index contributed by atoms with van der Waals surface area (Å²) in [5.74, 6) is 0.105. The summed E-state index contributed by atoms with van der Waals surface area (Å²) >= 11 is 0. The van der Waals surface area contributed by atoms with Gasteiger partial charge in [0.1, 0.15) is 5.82 Å². The van der Waals surface area contributed by atoms with Gasteiger partial charge in [-0.15, -0.1) is 10.2 Å². The van der Waals surface area contributed by atoms with Crippen molar-refractivity contribution in [1.29, 1.82) is 0 Å². The molecule has 0 atom stereocenters. The molecule has 0 aliphatic rings. The van der Waals surface area contributed by atoms with Gasteiger partial charge in [0.25, 0.3) is 5.89 Å². The van der Waals surface area contributed by atoms with Crippen molar-refractivity contribution in [1.82, 2.24) is 10.2 Å². The largest absolute Gasteiger partial charge is 0.419 e. The van der Waals surface area contributed by atoms with Crippen molar-refractivity contribution < 1.29 is 13.9 Å². The summed E-state index contributed by atoms with van der Waals surface area (Å²) < 4.78 is 19.1. The van der Waals surface area contributed by atoms with Gasteiger partial charge in [-0.3, -0.25) is 0 Å². The van der Waals surface area contributed by atoms with Crippen LogP contribution in [-0.4, -0.2) is 15.3 Å². The van der Waals surface area contributed by atoms with E-state index >= 15 is 0 Å². The average Bonchev–Trinajstić information content (AvgIpc) is 3.02. The third-order valence-corrected chi connectivity index (χ3v) is 3.12. The van der Waals surface area contributed by atoms with Crippen LogP contribution in [0.15, 0.2) is 52.9 Å². The van der Waals surface area contributed by atoms with E-state index in [2.05, 4.69) is 15.5 Å². The van der Waals surface area contributed by atoms with Crippen LogP contribution < -0.4 is 5.32 Å². The number of aliphatic hydroxyl groups excluding tert-OH is 1. The molecule has 3 rings (SSSR count). The van der Waals surface area contributed by atoms with Gasteiger partial charge in [-0.1, -0.05) is 24.3 Å². The third-order valence-electron chi connectivity index (χ3n) is 3.12. The van der Waals surface area contributed by atoms with Crippen LogP contribution in [0.4, 0.5) is 10.1 Å². The predicted octanol–water partition coefficient (Wildman–Crippen LogP) is 2.98. The molecule has 0 bridgehead atoms. The summed E-state index contributed by atoms with van der Waals surface area (Å²) in [6.07, 6.45) is 0. The Hall–Kier alpha value is -2.73. The van der Waals surface area contributed by atoms with Crippen molar-refractivity contribution >= 4 is 5.69 Å². The molecular weight excluding hydrogens is 285 g/mol. The highest BCUT2D eigenvalue weighted by atomic mass is 19.1. The Morgan fingerprint density at radius 1 is 1.09 bits per heavy atom. The maximum atomic E-state index is 13.7. The van der Waals surface area contributed by atoms with Crippen LogP contribution >= 0.6 is 0 Å². The van der Waals surface area contributed by atoms with E-state index in [4.69, 9.17) is 9.52 Å². The number of aromatic nitrogens is 2. The third kappa shape index (κ3) is 3.12. The first-order chi connectivity index (χ1) is 10.8. The van der Waals surface area contributed by atoms with Gasteiger partial charge in [-0.2, -0.15) is 0 Å². The summed E-state index contributed by atoms with van der Waals surface area (Å²) in [6.45, 7) is 0.295. The molecule has 112 valence electrons. The second kappa shape index (κ2) is 6.36. The Balaban J connectivity index is 1.71. The van der Waals surface area contributed by atoms with Gasteiger partial charge < -0.3 is 14.8 Å². The number of nitrogens with one attached hydrogen (secondary N) is 1. The Labute approximate surface area is 126 Å². The minimum Gasteiger partial charge on any atom is -0.419 e. The van der Waals surface area contributed by atoms with Gasteiger partial charge in [-0.25, -0.2) is 4.39 Å². The molecule has 0 fully saturated rings. The summed E-state index contributed by atoms with van der Waals surface area (Å²) in [5.41, 5.74) is 1.92. The molecule has 22 heavy (non-hydrogen) atoms. The number of nitrogens with zero attached hydrogens (tertiary/aromatic N) is 2. The maximum Gasteiger partial charge on any atom is 0.250 e. The monoisotopic (exact) mass is 299 g/mol. The summed E-state index contributed by atoms with van der Waals surface area (Å²) in [5, 5.41) is 20.0. The number of halogens is 1. The summed E-state index contributed by atoms with van der Waals surface area (Å²) in [6, 6.07) is 13.6. The maximum absolute atomic E-state index is 13.7. The second-order valence-corrected chi connectivity index (χ2v) is 4.69. The SMILES string of the molecule is OCc1cccc(NCc2nnc(-c3ccccc3F)o2)c1. The lowest BCUT2D eigenvalue weighted by Gasteiger charge is -2.04. The van der Waals surface area contributed by atoms with Gasteiger partial charge >= 0.3 is 0 Å². The first-order valence-corrected chi connectivity index (χ1v) is 6.77. The molecule has 0 aliphatic heterocycles. The lowest BCUT2D eigenvalue weighted by Crippen LogP contribution is -2.00. The van der Waals surface area contributed by atoms with Gasteiger partial charge in [-0.05, 0) is 29.8 Å². The second-order valence-electron chi connectivity index (χ2n) is 4.69. The van der Waals surface area contributed by atoms with Crippen LogP contribution in [0.3, 0.4) is 0 Å². The molecule has 0 saturated heterocycles. The van der Waals surface area contributed by atoms with Crippen molar-refractivity contribution in [3.05, 3.63) is 65.8 Å². The zero-order valence-electron chi connectivity index (χ0n) is 11.7. The van der Waals surface area contributed by atoms with E-state index in [1.807, 2.05) is 24.3 Å². The number of hydrogen-bond donors (Lipinski definition) is 2. The number of rotatable bonds is 5. The van der Waals surface area contributed by atoms with Crippen molar-refractivity contribution in [2.75, 3.05) is 5.32 Å². The molecule has 0 saturated carbocycles. The molecule has 2 N–H and O–H groups in total. The van der Waals surface area contributed by atoms with Crippen molar-refractivity contribution in [2.45, 2.75) is 13.2 Å². The quantitative estimate of drug-likeness (QED) is 0.758. The van der Waals surface area contributed by atoms with E-state index in [0.717, 1.165) is 11.3 Å². The molecule has 0 radical (unpaired) electrons. The lowest BCUT2D eigenvalue weighted by molar-refractivity contribution is 0.282. The van der Waals surface area contributed by atoms with E-state index in [1.165, 1.54) is 6.07 Å². The molecule has 1 aromatic heterocycles. The molecule has 0 amide bonds. The van der Waals surface area contributed by atoms with E-state index in [1.54, 1.807) is 18.2 Å². The molecule has 3 aromatic rings. The molecule has 0 spiro atoms. The molecule has 1 heterocycles. The highest BCUT2D eigenvalue weighted by molar-refractivity contribution is 5.53. The fourth-order valence-corrected chi connectivity index (χ4v) is 2.03. The number of hydrogen-bond acceptors (Lipinski definition) is 5. The Morgan fingerprint density at radius 2 is 1.95 bits per heavy atom. The zero-order valence-corrected chi connectivity index (χ0v) is 11.7. The fourth-order valence-electron chi connectivity index (χ4n) is 2.03. The summed E-state index contributed by atoms with van der Waals surface area (Å²) in [7, 11) is 0. The minimum absolute atomic E-state index is 0.0203. The molecule has 6 heteroatoms. The molecule has 2 aromatic carbocycles. The van der Waals surface area contributed by atoms with Crippen LogP contribution in [0, 0.1) is 5.82 Å². The molecular formula is C16H14FN3O2. The average molecular weight is 299 g/mol. The van der Waals surface area contributed by atoms with Crippen LogP contribution in [0.5, 0.6) is 0 Å². The van der Waals surface area contributed by atoms with Gasteiger partial charge in [0.2, 0.25) is 5.89 Å². The first kappa shape index (κ1) is 14.2. The summed E-state index contributed by atoms with van der Waals surface area (Å²) in [4.78, 5) is 0. The van der Waals surface area contributed by atoms with Gasteiger partial charge in [0.15, 0.2) is 0 Å². The van der Waals surface area contributed by atoms with E-state index in [9.17, 15) is 4.39 Å². The highest BCUT2D eigenvalue weighted by Gasteiger charge is 2.12. The smallest absolute Gasteiger partial charge is 0.250 e.